The molecule has 1 aliphatic heterocycles. The lowest BCUT2D eigenvalue weighted by Gasteiger charge is -2.28. The fraction of sp³-hybridized carbons (Fsp3) is 0.167. The van der Waals surface area contributed by atoms with Crippen molar-refractivity contribution in [3.05, 3.63) is 59.4 Å². The Labute approximate surface area is 132 Å². The molecule has 1 N–H and O–H groups in total. The number of nitrogens with one attached hydrogen (secondary N) is 1. The van der Waals surface area contributed by atoms with E-state index in [2.05, 4.69) is 5.32 Å². The standard InChI is InChI=1S/C18H15NO4/c1-10-9-22-14-8-7-12-16(15(10)14)23-18(19-17(12)20)11-5-3-4-6-13(11)21-2/h3-9,18H,1-2H3,(H,19,20). The van der Waals surface area contributed by atoms with Crippen molar-refractivity contribution >= 4 is 16.9 Å². The number of methoxy groups -OCH3 is 1. The van der Waals surface area contributed by atoms with Crippen molar-refractivity contribution in [2.24, 2.45) is 0 Å². The number of aryl methyl sites for hydroxylation is 1. The van der Waals surface area contributed by atoms with E-state index in [0.717, 1.165) is 16.5 Å². The predicted molar refractivity (Wildman–Crippen MR) is 84.8 cm³/mol. The van der Waals surface area contributed by atoms with Crippen LogP contribution in [-0.2, 0) is 0 Å². The highest BCUT2D eigenvalue weighted by atomic mass is 16.5. The summed E-state index contributed by atoms with van der Waals surface area (Å²) in [6.45, 7) is 1.93. The summed E-state index contributed by atoms with van der Waals surface area (Å²) in [5, 5.41) is 3.70. The maximum atomic E-state index is 12.5. The number of ether oxygens (including phenoxy) is 2. The van der Waals surface area contributed by atoms with Crippen molar-refractivity contribution in [2.45, 2.75) is 13.2 Å². The molecule has 0 radical (unpaired) electrons. The Kier molecular flexibility index (Phi) is 3.01. The Hall–Kier alpha value is -2.95. The Balaban J connectivity index is 1.86. The summed E-state index contributed by atoms with van der Waals surface area (Å²) in [5.74, 6) is 1.04. The van der Waals surface area contributed by atoms with E-state index in [1.807, 2.05) is 31.2 Å². The van der Waals surface area contributed by atoms with Gasteiger partial charge in [-0.3, -0.25) is 4.79 Å². The van der Waals surface area contributed by atoms with Crippen molar-refractivity contribution in [1.29, 1.82) is 0 Å². The molecule has 0 bridgehead atoms. The number of para-hydroxylation sites is 1. The summed E-state index contributed by atoms with van der Waals surface area (Å²) in [5.41, 5.74) is 2.92. The van der Waals surface area contributed by atoms with Crippen molar-refractivity contribution in [1.82, 2.24) is 5.32 Å². The van der Waals surface area contributed by atoms with Gasteiger partial charge in [-0.1, -0.05) is 12.1 Å². The van der Waals surface area contributed by atoms with E-state index in [-0.39, 0.29) is 5.91 Å². The summed E-state index contributed by atoms with van der Waals surface area (Å²) < 4.78 is 17.0. The Morgan fingerprint density at radius 3 is 2.83 bits per heavy atom. The van der Waals surface area contributed by atoms with E-state index < -0.39 is 6.23 Å². The first-order valence-corrected chi connectivity index (χ1v) is 7.30. The van der Waals surface area contributed by atoms with E-state index in [1.54, 1.807) is 25.5 Å². The van der Waals surface area contributed by atoms with Crippen LogP contribution in [0.25, 0.3) is 11.0 Å². The number of hydrogen-bond acceptors (Lipinski definition) is 4. The van der Waals surface area contributed by atoms with Gasteiger partial charge in [-0.25, -0.2) is 0 Å². The van der Waals surface area contributed by atoms with Gasteiger partial charge in [0.15, 0.2) is 0 Å². The molecule has 116 valence electrons. The summed E-state index contributed by atoms with van der Waals surface area (Å²) in [7, 11) is 1.59. The fourth-order valence-corrected chi connectivity index (χ4v) is 2.92. The molecule has 4 rings (SSSR count). The number of fused-ring (bicyclic) bond motifs is 3. The van der Waals surface area contributed by atoms with Gasteiger partial charge in [0.05, 0.1) is 29.9 Å². The van der Waals surface area contributed by atoms with Crippen LogP contribution >= 0.6 is 0 Å². The molecule has 5 heteroatoms. The van der Waals surface area contributed by atoms with Crippen LogP contribution in [0.4, 0.5) is 0 Å². The number of carbonyl (C=O) groups is 1. The molecule has 1 aromatic heterocycles. The van der Waals surface area contributed by atoms with Crippen molar-refractivity contribution in [2.75, 3.05) is 7.11 Å². The second kappa shape index (κ2) is 5.05. The van der Waals surface area contributed by atoms with E-state index >= 15 is 0 Å². The van der Waals surface area contributed by atoms with E-state index in [1.165, 1.54) is 0 Å². The average molecular weight is 309 g/mol. The molecule has 1 amide bonds. The zero-order valence-electron chi connectivity index (χ0n) is 12.8. The summed E-state index contributed by atoms with van der Waals surface area (Å²) >= 11 is 0. The summed E-state index contributed by atoms with van der Waals surface area (Å²) in [4.78, 5) is 12.5. The van der Waals surface area contributed by atoms with Crippen LogP contribution in [0.5, 0.6) is 11.5 Å². The molecule has 1 unspecified atom stereocenters. The van der Waals surface area contributed by atoms with Gasteiger partial charge in [0, 0.05) is 0 Å². The molecule has 3 aromatic rings. The molecule has 0 saturated heterocycles. The smallest absolute Gasteiger partial charge is 0.258 e. The third kappa shape index (κ3) is 2.04. The average Bonchev–Trinajstić information content (AvgIpc) is 2.96. The molecule has 0 aliphatic carbocycles. The Morgan fingerprint density at radius 1 is 1.17 bits per heavy atom. The number of benzene rings is 2. The lowest BCUT2D eigenvalue weighted by molar-refractivity contribution is 0.0756. The van der Waals surface area contributed by atoms with Crippen molar-refractivity contribution < 1.29 is 18.7 Å². The normalized spacial score (nSPS) is 16.6. The van der Waals surface area contributed by atoms with Gasteiger partial charge in [0.1, 0.15) is 17.1 Å². The second-order valence-electron chi connectivity index (χ2n) is 5.45. The molecule has 5 nitrogen and oxygen atoms in total. The molecule has 0 saturated carbocycles. The highest BCUT2D eigenvalue weighted by molar-refractivity contribution is 6.04. The minimum absolute atomic E-state index is 0.176. The third-order valence-electron chi connectivity index (χ3n) is 4.04. The van der Waals surface area contributed by atoms with Crippen LogP contribution in [0.15, 0.2) is 47.1 Å². The van der Waals surface area contributed by atoms with Crippen molar-refractivity contribution in [3.8, 4) is 11.5 Å². The fourth-order valence-electron chi connectivity index (χ4n) is 2.92. The Bertz CT molecular complexity index is 913. The van der Waals surface area contributed by atoms with Crippen LogP contribution < -0.4 is 14.8 Å². The minimum atomic E-state index is -0.606. The van der Waals surface area contributed by atoms with Crippen LogP contribution in [0.1, 0.15) is 27.7 Å². The second-order valence-corrected chi connectivity index (χ2v) is 5.45. The van der Waals surface area contributed by atoms with Crippen LogP contribution in [-0.4, -0.2) is 13.0 Å². The van der Waals surface area contributed by atoms with Gasteiger partial charge in [0.25, 0.3) is 5.91 Å². The van der Waals surface area contributed by atoms with Gasteiger partial charge in [-0.2, -0.15) is 0 Å². The predicted octanol–water partition coefficient (Wildman–Crippen LogP) is 3.57. The number of furan rings is 1. The van der Waals surface area contributed by atoms with Crippen LogP contribution in [0.3, 0.4) is 0 Å². The molecule has 0 fully saturated rings. The highest BCUT2D eigenvalue weighted by Crippen LogP contribution is 2.39. The molecule has 1 aliphatic rings. The molecule has 23 heavy (non-hydrogen) atoms. The lowest BCUT2D eigenvalue weighted by atomic mass is 10.0. The van der Waals surface area contributed by atoms with Gasteiger partial charge in [-0.05, 0) is 36.8 Å². The minimum Gasteiger partial charge on any atom is -0.496 e. The van der Waals surface area contributed by atoms with Gasteiger partial charge < -0.3 is 19.2 Å². The van der Waals surface area contributed by atoms with E-state index in [9.17, 15) is 4.79 Å². The molecular weight excluding hydrogens is 294 g/mol. The third-order valence-corrected chi connectivity index (χ3v) is 4.04. The van der Waals surface area contributed by atoms with Crippen LogP contribution in [0.2, 0.25) is 0 Å². The van der Waals surface area contributed by atoms with E-state index in [0.29, 0.717) is 22.6 Å². The van der Waals surface area contributed by atoms with Gasteiger partial charge in [-0.15, -0.1) is 0 Å². The highest BCUT2D eigenvalue weighted by Gasteiger charge is 2.30. The SMILES string of the molecule is COc1ccccc1C1NC(=O)c2ccc3occ(C)c3c2O1. The van der Waals surface area contributed by atoms with Crippen LogP contribution in [0, 0.1) is 6.92 Å². The zero-order chi connectivity index (χ0) is 16.0. The quantitative estimate of drug-likeness (QED) is 0.786. The van der Waals surface area contributed by atoms with Crippen molar-refractivity contribution in [3.63, 3.8) is 0 Å². The first-order valence-electron chi connectivity index (χ1n) is 7.30. The molecule has 2 heterocycles. The molecular formula is C18H15NO4. The summed E-state index contributed by atoms with van der Waals surface area (Å²) in [6, 6.07) is 11.0. The van der Waals surface area contributed by atoms with Gasteiger partial charge >= 0.3 is 0 Å². The zero-order valence-corrected chi connectivity index (χ0v) is 12.8. The lowest BCUT2D eigenvalue weighted by Crippen LogP contribution is -2.37. The topological polar surface area (TPSA) is 60.7 Å². The first-order chi connectivity index (χ1) is 11.2. The van der Waals surface area contributed by atoms with E-state index in [4.69, 9.17) is 13.9 Å². The molecule has 2 aromatic carbocycles. The molecule has 1 atom stereocenters. The summed E-state index contributed by atoms with van der Waals surface area (Å²) in [6.07, 6.45) is 1.06. The first kappa shape index (κ1) is 13.7. The number of carbonyl (C=O) groups excluding carboxylic acids is 1. The number of hydrogen-bond donors (Lipinski definition) is 1. The number of amides is 1. The number of rotatable bonds is 2. The maximum absolute atomic E-state index is 12.5. The largest absolute Gasteiger partial charge is 0.496 e. The maximum Gasteiger partial charge on any atom is 0.258 e. The molecule has 0 spiro atoms. The Morgan fingerprint density at radius 2 is 2.00 bits per heavy atom. The van der Waals surface area contributed by atoms with Gasteiger partial charge in [0.2, 0.25) is 6.23 Å². The monoisotopic (exact) mass is 309 g/mol.